The van der Waals surface area contributed by atoms with E-state index in [2.05, 4.69) is 19.9 Å². The van der Waals surface area contributed by atoms with Crippen LogP contribution in [0, 0.1) is 0 Å². The standard InChI is InChI=1S/C58H50N8O4/c1-57(2,3)69-55(67)65(43-23-19-39(20-24-43)41-35-51(47-15-7-11-31-59-47)63-52(36-41)48-16-8-12-32-60-48)45-27-29-46(30-28-45)66(56(68)70-58(4,5)6)44-25-21-40(22-26-44)42-37-53(49-17-9-13-33-61-49)64-54(38-42)50-18-10-14-34-62-50/h7-38H,1-6H3. The van der Waals surface area contributed by atoms with Gasteiger partial charge in [0.1, 0.15) is 11.2 Å². The third-order valence-electron chi connectivity index (χ3n) is 10.8. The van der Waals surface area contributed by atoms with Gasteiger partial charge in [-0.2, -0.15) is 0 Å². The van der Waals surface area contributed by atoms with Gasteiger partial charge >= 0.3 is 12.2 Å². The van der Waals surface area contributed by atoms with E-state index < -0.39 is 23.4 Å². The maximum Gasteiger partial charge on any atom is 0.419 e. The quantitative estimate of drug-likeness (QED) is 0.130. The van der Waals surface area contributed by atoms with Crippen molar-refractivity contribution in [3.8, 4) is 67.8 Å². The highest BCUT2D eigenvalue weighted by Crippen LogP contribution is 2.37. The van der Waals surface area contributed by atoms with Crippen molar-refractivity contribution < 1.29 is 19.1 Å². The summed E-state index contributed by atoms with van der Waals surface area (Å²) in [5.74, 6) is 0. The second-order valence-electron chi connectivity index (χ2n) is 18.4. The average Bonchev–Trinajstić information content (AvgIpc) is 3.37. The fourth-order valence-corrected chi connectivity index (χ4v) is 7.67. The molecule has 12 nitrogen and oxygen atoms in total. The van der Waals surface area contributed by atoms with E-state index in [0.717, 1.165) is 45.0 Å². The predicted molar refractivity (Wildman–Crippen MR) is 275 cm³/mol. The molecule has 0 aliphatic rings. The van der Waals surface area contributed by atoms with E-state index in [1.165, 1.54) is 9.80 Å². The molecule has 12 heteroatoms. The van der Waals surface area contributed by atoms with Gasteiger partial charge < -0.3 is 9.47 Å². The van der Waals surface area contributed by atoms with Gasteiger partial charge in [-0.1, -0.05) is 48.5 Å². The molecule has 3 aromatic carbocycles. The topological polar surface area (TPSA) is 136 Å². The molecule has 346 valence electrons. The largest absolute Gasteiger partial charge is 0.443 e. The third-order valence-corrected chi connectivity index (χ3v) is 10.8. The van der Waals surface area contributed by atoms with Crippen LogP contribution in [0.5, 0.6) is 0 Å². The number of hydrogen-bond donors (Lipinski definition) is 0. The fourth-order valence-electron chi connectivity index (χ4n) is 7.67. The highest BCUT2D eigenvalue weighted by atomic mass is 16.6. The Kier molecular flexibility index (Phi) is 13.0. The van der Waals surface area contributed by atoms with Crippen LogP contribution in [0.3, 0.4) is 0 Å². The summed E-state index contributed by atoms with van der Waals surface area (Å²) in [6.07, 6.45) is 5.83. The lowest BCUT2D eigenvalue weighted by Gasteiger charge is -2.29. The Labute approximate surface area is 407 Å². The van der Waals surface area contributed by atoms with Gasteiger partial charge in [0, 0.05) is 24.8 Å². The molecular formula is C58H50N8O4. The van der Waals surface area contributed by atoms with Gasteiger partial charge in [-0.15, -0.1) is 0 Å². The first-order valence-corrected chi connectivity index (χ1v) is 22.8. The summed E-state index contributed by atoms with van der Waals surface area (Å²) in [5, 5.41) is 0. The van der Waals surface area contributed by atoms with Crippen LogP contribution in [-0.4, -0.2) is 53.3 Å². The van der Waals surface area contributed by atoms with Gasteiger partial charge in [0.2, 0.25) is 0 Å². The summed E-state index contributed by atoms with van der Waals surface area (Å²) in [5.41, 5.74) is 9.94. The van der Waals surface area contributed by atoms with Gasteiger partial charge in [0.05, 0.1) is 68.3 Å². The first kappa shape index (κ1) is 46.2. The summed E-state index contributed by atoms with van der Waals surface area (Å²) in [7, 11) is 0. The Morgan fingerprint density at radius 1 is 0.343 bits per heavy atom. The van der Waals surface area contributed by atoms with Crippen LogP contribution in [0.2, 0.25) is 0 Å². The number of rotatable bonds is 10. The molecular weight excluding hydrogens is 873 g/mol. The van der Waals surface area contributed by atoms with E-state index in [0.29, 0.717) is 45.5 Å². The van der Waals surface area contributed by atoms with Gasteiger partial charge in [-0.25, -0.2) is 29.4 Å². The number of carbonyl (C=O) groups is 2. The van der Waals surface area contributed by atoms with Gasteiger partial charge in [-0.05, 0) is 185 Å². The minimum absolute atomic E-state index is 0.522. The third kappa shape index (κ3) is 10.9. The summed E-state index contributed by atoms with van der Waals surface area (Å²) in [6, 6.07) is 53.4. The number of carbonyl (C=O) groups excluding carboxylic acids is 2. The molecule has 6 aromatic heterocycles. The van der Waals surface area contributed by atoms with E-state index in [9.17, 15) is 9.59 Å². The molecule has 0 saturated carbocycles. The molecule has 0 aliphatic carbocycles. The van der Waals surface area contributed by atoms with Crippen LogP contribution in [0.4, 0.5) is 32.3 Å². The monoisotopic (exact) mass is 922 g/mol. The van der Waals surface area contributed by atoms with Gasteiger partial charge in [0.15, 0.2) is 0 Å². The number of benzene rings is 3. The van der Waals surface area contributed by atoms with Crippen molar-refractivity contribution in [1.82, 2.24) is 29.9 Å². The summed E-state index contributed by atoms with van der Waals surface area (Å²) < 4.78 is 12.0. The van der Waals surface area contributed by atoms with E-state index in [4.69, 9.17) is 19.4 Å². The number of aromatic nitrogens is 6. The predicted octanol–water partition coefficient (Wildman–Crippen LogP) is 14.2. The zero-order chi connectivity index (χ0) is 48.8. The number of nitrogens with zero attached hydrogens (tertiary/aromatic N) is 8. The molecule has 0 bridgehead atoms. The van der Waals surface area contributed by atoms with Crippen molar-refractivity contribution >= 4 is 34.9 Å². The van der Waals surface area contributed by atoms with Crippen LogP contribution in [0.15, 0.2) is 195 Å². The van der Waals surface area contributed by atoms with Crippen molar-refractivity contribution in [3.05, 3.63) is 195 Å². The first-order valence-electron chi connectivity index (χ1n) is 22.8. The molecule has 0 saturated heterocycles. The Hall–Kier alpha value is -8.90. The fraction of sp³-hybridized carbons (Fsp3) is 0.138. The number of amides is 2. The normalized spacial score (nSPS) is 11.4. The second-order valence-corrected chi connectivity index (χ2v) is 18.4. The van der Waals surface area contributed by atoms with Crippen molar-refractivity contribution in [2.75, 3.05) is 9.80 Å². The Morgan fingerprint density at radius 3 is 0.829 bits per heavy atom. The van der Waals surface area contributed by atoms with Crippen molar-refractivity contribution in [2.45, 2.75) is 52.7 Å². The molecule has 0 fully saturated rings. The molecule has 9 aromatic rings. The molecule has 2 amide bonds. The van der Waals surface area contributed by atoms with E-state index >= 15 is 0 Å². The van der Waals surface area contributed by atoms with Crippen LogP contribution in [0.1, 0.15) is 41.5 Å². The molecule has 0 spiro atoms. The molecule has 70 heavy (non-hydrogen) atoms. The lowest BCUT2D eigenvalue weighted by molar-refractivity contribution is 0.0587. The van der Waals surface area contributed by atoms with Crippen LogP contribution in [0.25, 0.3) is 67.8 Å². The number of ether oxygens (including phenoxy) is 2. The maximum absolute atomic E-state index is 14.2. The van der Waals surface area contributed by atoms with Crippen LogP contribution in [-0.2, 0) is 9.47 Å². The summed E-state index contributed by atoms with van der Waals surface area (Å²) in [4.78, 5) is 59.4. The van der Waals surface area contributed by atoms with E-state index in [1.54, 1.807) is 49.1 Å². The average molecular weight is 923 g/mol. The molecule has 9 rings (SSSR count). The zero-order valence-corrected chi connectivity index (χ0v) is 39.7. The summed E-state index contributed by atoms with van der Waals surface area (Å²) in [6.45, 7) is 11.0. The molecule has 0 unspecified atom stereocenters. The molecule has 0 radical (unpaired) electrons. The number of anilines is 4. The SMILES string of the molecule is CC(C)(C)OC(=O)N(c1ccc(-c2cc(-c3ccccn3)nc(-c3ccccn3)c2)cc1)c1ccc(N(C(=O)OC(C)(C)C)c2ccc(-c3cc(-c4ccccn4)nc(-c4ccccn4)c3)cc2)cc1. The van der Waals surface area contributed by atoms with Gasteiger partial charge in [0.25, 0.3) is 0 Å². The van der Waals surface area contributed by atoms with Crippen molar-refractivity contribution in [2.24, 2.45) is 0 Å². The number of hydrogen-bond acceptors (Lipinski definition) is 10. The zero-order valence-electron chi connectivity index (χ0n) is 39.7. The molecule has 0 N–H and O–H groups in total. The Balaban J connectivity index is 1.05. The van der Waals surface area contributed by atoms with E-state index in [-0.39, 0.29) is 0 Å². The Bertz CT molecular complexity index is 2900. The minimum Gasteiger partial charge on any atom is -0.443 e. The lowest BCUT2D eigenvalue weighted by Crippen LogP contribution is -2.34. The summed E-state index contributed by atoms with van der Waals surface area (Å²) >= 11 is 0. The van der Waals surface area contributed by atoms with Crippen molar-refractivity contribution in [3.63, 3.8) is 0 Å². The maximum atomic E-state index is 14.2. The lowest BCUT2D eigenvalue weighted by atomic mass is 10.0. The van der Waals surface area contributed by atoms with Gasteiger partial charge in [-0.3, -0.25) is 19.9 Å². The molecule has 0 aliphatic heterocycles. The van der Waals surface area contributed by atoms with E-state index in [1.807, 2.05) is 187 Å². The van der Waals surface area contributed by atoms with Crippen LogP contribution >= 0.6 is 0 Å². The first-order chi connectivity index (χ1) is 33.7. The highest BCUT2D eigenvalue weighted by molar-refractivity contribution is 5.99. The van der Waals surface area contributed by atoms with Crippen LogP contribution < -0.4 is 9.80 Å². The smallest absolute Gasteiger partial charge is 0.419 e. The molecule has 6 heterocycles. The van der Waals surface area contributed by atoms with Crippen molar-refractivity contribution in [1.29, 1.82) is 0 Å². The Morgan fingerprint density at radius 2 is 0.600 bits per heavy atom. The molecule has 0 atom stereocenters. The number of pyridine rings is 6. The minimum atomic E-state index is -0.786. The second kappa shape index (κ2) is 19.7. The highest BCUT2D eigenvalue weighted by Gasteiger charge is 2.28.